The minimum atomic E-state index is -0.533. The van der Waals surface area contributed by atoms with Gasteiger partial charge in [0.2, 0.25) is 0 Å². The van der Waals surface area contributed by atoms with Crippen LogP contribution in [-0.2, 0) is 0 Å². The maximum absolute atomic E-state index is 12.4. The van der Waals surface area contributed by atoms with Crippen LogP contribution >= 0.6 is 28.1 Å². The van der Waals surface area contributed by atoms with Crippen LogP contribution in [-0.4, -0.2) is 22.5 Å². The summed E-state index contributed by atoms with van der Waals surface area (Å²) in [4.78, 5) is 22.9. The number of amides is 1. The second-order valence-corrected chi connectivity index (χ2v) is 6.08. The average molecular weight is 424 g/mol. The number of nitro benzene ring substituents is 1. The first-order valence-electron chi connectivity index (χ1n) is 7.20. The van der Waals surface area contributed by atoms with Crippen LogP contribution in [0.4, 0.5) is 11.4 Å². The number of hydrogen-bond donors (Lipinski definition) is 2. The van der Waals surface area contributed by atoms with Gasteiger partial charge < -0.3 is 10.1 Å². The predicted octanol–water partition coefficient (Wildman–Crippen LogP) is 3.88. The summed E-state index contributed by atoms with van der Waals surface area (Å²) in [5.74, 6) is -0.0717. The largest absolute Gasteiger partial charge is 0.493 e. The van der Waals surface area contributed by atoms with E-state index >= 15 is 0 Å². The van der Waals surface area contributed by atoms with E-state index < -0.39 is 10.8 Å². The highest BCUT2D eigenvalue weighted by Gasteiger charge is 2.17. The van der Waals surface area contributed by atoms with Gasteiger partial charge in [-0.25, -0.2) is 0 Å². The lowest BCUT2D eigenvalue weighted by atomic mass is 10.2. The van der Waals surface area contributed by atoms with Gasteiger partial charge >= 0.3 is 0 Å². The third-order valence-corrected chi connectivity index (χ3v) is 3.76. The van der Waals surface area contributed by atoms with Crippen LogP contribution in [0.5, 0.6) is 5.75 Å². The highest BCUT2D eigenvalue weighted by atomic mass is 79.9. The number of halogens is 1. The monoisotopic (exact) mass is 423 g/mol. The van der Waals surface area contributed by atoms with Crippen molar-refractivity contribution in [3.63, 3.8) is 0 Å². The third-order valence-electron chi connectivity index (χ3n) is 3.06. The van der Waals surface area contributed by atoms with Crippen LogP contribution in [0.1, 0.15) is 17.3 Å². The Bertz CT molecular complexity index is 829. The summed E-state index contributed by atoms with van der Waals surface area (Å²) in [5.41, 5.74) is 0.344. The molecule has 0 radical (unpaired) electrons. The number of carbonyl (C=O) groups excluding carboxylic acids is 1. The van der Waals surface area contributed by atoms with Gasteiger partial charge in [0.05, 0.1) is 17.1 Å². The number of anilines is 1. The SMILES string of the molecule is CCOc1ccc(Br)cc1C(=O)NC(=S)Nc1ccccc1[N+](=O)[O-]. The molecule has 0 saturated heterocycles. The molecule has 0 aromatic heterocycles. The summed E-state index contributed by atoms with van der Waals surface area (Å²) >= 11 is 8.38. The topological polar surface area (TPSA) is 93.5 Å². The zero-order valence-electron chi connectivity index (χ0n) is 13.1. The molecule has 0 aliphatic rings. The van der Waals surface area contributed by atoms with Crippen molar-refractivity contribution in [2.45, 2.75) is 6.92 Å². The zero-order valence-corrected chi connectivity index (χ0v) is 15.5. The standard InChI is InChI=1S/C16H14BrN3O4S/c1-2-24-14-8-7-10(17)9-11(14)15(21)19-16(25)18-12-5-3-4-6-13(12)20(22)23/h3-9H,2H2,1H3,(H2,18,19,21,25). The summed E-state index contributed by atoms with van der Waals surface area (Å²) in [6.45, 7) is 2.21. The molecule has 0 unspecified atom stereocenters. The van der Waals surface area contributed by atoms with E-state index in [-0.39, 0.29) is 16.5 Å². The Kier molecular flexibility index (Phi) is 6.43. The van der Waals surface area contributed by atoms with E-state index in [1.54, 1.807) is 30.3 Å². The second kappa shape index (κ2) is 8.54. The molecule has 0 heterocycles. The molecule has 1 amide bonds. The van der Waals surface area contributed by atoms with Gasteiger partial charge in [0.15, 0.2) is 5.11 Å². The number of benzene rings is 2. The Balaban J connectivity index is 2.15. The Morgan fingerprint density at radius 3 is 2.72 bits per heavy atom. The Labute approximate surface area is 157 Å². The first kappa shape index (κ1) is 18.8. The maximum atomic E-state index is 12.4. The number of para-hydroxylation sites is 2. The molecule has 2 aromatic rings. The number of nitro groups is 1. The summed E-state index contributed by atoms with van der Waals surface area (Å²) in [6, 6.07) is 11.0. The average Bonchev–Trinajstić information content (AvgIpc) is 2.56. The van der Waals surface area contributed by atoms with Crippen molar-refractivity contribution in [2.24, 2.45) is 0 Å². The van der Waals surface area contributed by atoms with Crippen molar-refractivity contribution in [1.82, 2.24) is 5.32 Å². The Hall–Kier alpha value is -2.52. The lowest BCUT2D eigenvalue weighted by Gasteiger charge is -2.13. The first-order valence-corrected chi connectivity index (χ1v) is 8.40. The van der Waals surface area contributed by atoms with Crippen molar-refractivity contribution >= 4 is 50.5 Å². The molecule has 0 aliphatic heterocycles. The number of thiocarbonyl (C=S) groups is 1. The third kappa shape index (κ3) is 4.97. The fourth-order valence-corrected chi connectivity index (χ4v) is 2.59. The van der Waals surface area contributed by atoms with Gasteiger partial charge in [0.25, 0.3) is 11.6 Å². The van der Waals surface area contributed by atoms with Gasteiger partial charge in [-0.15, -0.1) is 0 Å². The molecule has 0 saturated carbocycles. The molecular formula is C16H14BrN3O4S. The molecule has 130 valence electrons. The second-order valence-electron chi connectivity index (χ2n) is 4.76. The summed E-state index contributed by atoms with van der Waals surface area (Å²) in [7, 11) is 0. The normalized spacial score (nSPS) is 10.0. The van der Waals surface area contributed by atoms with Crippen LogP contribution < -0.4 is 15.4 Å². The van der Waals surface area contributed by atoms with Gasteiger partial charge in [-0.05, 0) is 43.4 Å². The van der Waals surface area contributed by atoms with E-state index in [0.29, 0.717) is 22.4 Å². The molecule has 0 fully saturated rings. The fraction of sp³-hybridized carbons (Fsp3) is 0.125. The molecular weight excluding hydrogens is 410 g/mol. The van der Waals surface area contributed by atoms with E-state index in [4.69, 9.17) is 17.0 Å². The van der Waals surface area contributed by atoms with Crippen LogP contribution in [0, 0.1) is 10.1 Å². The minimum Gasteiger partial charge on any atom is -0.493 e. The van der Waals surface area contributed by atoms with Gasteiger partial charge in [0.1, 0.15) is 11.4 Å². The number of rotatable bonds is 5. The Morgan fingerprint density at radius 2 is 2.04 bits per heavy atom. The lowest BCUT2D eigenvalue weighted by Crippen LogP contribution is -2.34. The molecule has 0 aliphatic carbocycles. The van der Waals surface area contributed by atoms with Crippen molar-refractivity contribution < 1.29 is 14.5 Å². The summed E-state index contributed by atoms with van der Waals surface area (Å²) in [5, 5.41) is 16.1. The van der Waals surface area contributed by atoms with E-state index in [1.807, 2.05) is 6.92 Å². The predicted molar refractivity (Wildman–Crippen MR) is 102 cm³/mol. The highest BCUT2D eigenvalue weighted by molar-refractivity contribution is 9.10. The fourth-order valence-electron chi connectivity index (χ4n) is 2.02. The molecule has 2 rings (SSSR count). The van der Waals surface area contributed by atoms with Crippen molar-refractivity contribution in [3.05, 3.63) is 62.6 Å². The maximum Gasteiger partial charge on any atom is 0.292 e. The van der Waals surface area contributed by atoms with Crippen LogP contribution in [0.25, 0.3) is 0 Å². The molecule has 0 bridgehead atoms. The molecule has 0 atom stereocenters. The molecule has 25 heavy (non-hydrogen) atoms. The molecule has 0 spiro atoms. The van der Waals surface area contributed by atoms with Crippen molar-refractivity contribution in [3.8, 4) is 5.75 Å². The minimum absolute atomic E-state index is 0.0540. The number of ether oxygens (including phenoxy) is 1. The van der Waals surface area contributed by atoms with Crippen molar-refractivity contribution in [2.75, 3.05) is 11.9 Å². The van der Waals surface area contributed by atoms with Gasteiger partial charge in [-0.3, -0.25) is 20.2 Å². The summed E-state index contributed by atoms with van der Waals surface area (Å²) in [6.07, 6.45) is 0. The first-order chi connectivity index (χ1) is 11.9. The number of nitrogens with one attached hydrogen (secondary N) is 2. The van der Waals surface area contributed by atoms with E-state index in [2.05, 4.69) is 26.6 Å². The smallest absolute Gasteiger partial charge is 0.292 e. The van der Waals surface area contributed by atoms with Crippen LogP contribution in [0.2, 0.25) is 0 Å². The molecule has 2 aromatic carbocycles. The van der Waals surface area contributed by atoms with Gasteiger partial charge in [-0.2, -0.15) is 0 Å². The van der Waals surface area contributed by atoms with Crippen molar-refractivity contribution in [1.29, 1.82) is 0 Å². The van der Waals surface area contributed by atoms with Crippen LogP contribution in [0.15, 0.2) is 46.9 Å². The van der Waals surface area contributed by atoms with Crippen LogP contribution in [0.3, 0.4) is 0 Å². The van der Waals surface area contributed by atoms with E-state index in [0.717, 1.165) is 0 Å². The van der Waals surface area contributed by atoms with Gasteiger partial charge in [0, 0.05) is 10.5 Å². The number of nitrogens with zero attached hydrogens (tertiary/aromatic N) is 1. The number of hydrogen-bond acceptors (Lipinski definition) is 5. The quantitative estimate of drug-likeness (QED) is 0.430. The van der Waals surface area contributed by atoms with E-state index in [9.17, 15) is 14.9 Å². The molecule has 2 N–H and O–H groups in total. The number of carbonyl (C=O) groups is 1. The Morgan fingerprint density at radius 1 is 1.32 bits per heavy atom. The highest BCUT2D eigenvalue weighted by Crippen LogP contribution is 2.24. The zero-order chi connectivity index (χ0) is 18.4. The summed E-state index contributed by atoms with van der Waals surface area (Å²) < 4.78 is 6.14. The molecule has 7 nitrogen and oxygen atoms in total. The molecule has 9 heteroatoms. The lowest BCUT2D eigenvalue weighted by molar-refractivity contribution is -0.383. The van der Waals surface area contributed by atoms with Gasteiger partial charge in [-0.1, -0.05) is 28.1 Å². The van der Waals surface area contributed by atoms with E-state index in [1.165, 1.54) is 12.1 Å².